The van der Waals surface area contributed by atoms with Crippen molar-refractivity contribution >= 4 is 56.8 Å². The number of rotatable bonds is 3. The molecule has 3 aromatic rings. The number of hydrogen-bond acceptors (Lipinski definition) is 4. The first kappa shape index (κ1) is 18.5. The molecule has 0 atom stereocenters. The van der Waals surface area contributed by atoms with Crippen molar-refractivity contribution < 1.29 is 4.79 Å². The minimum absolute atomic E-state index is 0.0765. The SMILES string of the molecule is Cc1cc(N2CCN(C(=O)Cn3ncc4c(I)ccnc43)CC2)ccc1Cl. The summed E-state index contributed by atoms with van der Waals surface area (Å²) in [7, 11) is 0. The number of carbonyl (C=O) groups excluding carboxylic acids is 1. The summed E-state index contributed by atoms with van der Waals surface area (Å²) in [5.41, 5.74) is 2.98. The number of amides is 1. The highest BCUT2D eigenvalue weighted by Gasteiger charge is 2.22. The van der Waals surface area contributed by atoms with Crippen LogP contribution in [-0.2, 0) is 11.3 Å². The van der Waals surface area contributed by atoms with Gasteiger partial charge in [-0.05, 0) is 59.3 Å². The second-order valence-corrected chi connectivity index (χ2v) is 8.20. The Hall–Kier alpha value is -1.87. The van der Waals surface area contributed by atoms with Crippen molar-refractivity contribution in [2.24, 2.45) is 0 Å². The molecule has 1 saturated heterocycles. The summed E-state index contributed by atoms with van der Waals surface area (Å²) in [6.07, 6.45) is 3.53. The number of aromatic nitrogens is 3. The lowest BCUT2D eigenvalue weighted by molar-refractivity contribution is -0.132. The van der Waals surface area contributed by atoms with E-state index in [1.807, 2.05) is 30.0 Å². The average molecular weight is 496 g/mol. The third-order valence-electron chi connectivity index (χ3n) is 4.91. The molecule has 0 aliphatic carbocycles. The fourth-order valence-corrected chi connectivity index (χ4v) is 3.99. The minimum atomic E-state index is 0.0765. The monoisotopic (exact) mass is 495 g/mol. The molecule has 0 radical (unpaired) electrons. The van der Waals surface area contributed by atoms with Crippen LogP contribution in [0.4, 0.5) is 5.69 Å². The average Bonchev–Trinajstić information content (AvgIpc) is 3.08. The normalized spacial score (nSPS) is 14.8. The number of benzene rings is 1. The van der Waals surface area contributed by atoms with Crippen molar-refractivity contribution in [2.45, 2.75) is 13.5 Å². The summed E-state index contributed by atoms with van der Waals surface area (Å²) >= 11 is 8.38. The number of aryl methyl sites for hydroxylation is 1. The van der Waals surface area contributed by atoms with E-state index in [-0.39, 0.29) is 12.5 Å². The molecule has 3 heterocycles. The van der Waals surface area contributed by atoms with Crippen LogP contribution in [0.15, 0.2) is 36.7 Å². The zero-order chi connectivity index (χ0) is 19.0. The van der Waals surface area contributed by atoms with Gasteiger partial charge < -0.3 is 9.80 Å². The van der Waals surface area contributed by atoms with E-state index in [1.165, 1.54) is 0 Å². The highest BCUT2D eigenvalue weighted by molar-refractivity contribution is 14.1. The molecule has 4 rings (SSSR count). The van der Waals surface area contributed by atoms with Gasteiger partial charge in [0, 0.05) is 46.7 Å². The molecule has 0 saturated carbocycles. The molecule has 0 unspecified atom stereocenters. The van der Waals surface area contributed by atoms with Gasteiger partial charge in [-0.3, -0.25) is 4.79 Å². The Balaban J connectivity index is 1.41. The second-order valence-electron chi connectivity index (χ2n) is 6.63. The van der Waals surface area contributed by atoms with Crippen LogP contribution in [0, 0.1) is 10.5 Å². The van der Waals surface area contributed by atoms with Crippen molar-refractivity contribution in [3.05, 3.63) is 50.8 Å². The molecule has 0 N–H and O–H groups in total. The molecule has 1 aliphatic rings. The van der Waals surface area contributed by atoms with Crippen LogP contribution in [0.1, 0.15) is 5.56 Å². The molecule has 0 spiro atoms. The summed E-state index contributed by atoms with van der Waals surface area (Å²) in [5, 5.41) is 6.11. The number of fused-ring (bicyclic) bond motifs is 1. The second kappa shape index (κ2) is 7.63. The third-order valence-corrected chi connectivity index (χ3v) is 6.28. The van der Waals surface area contributed by atoms with Crippen molar-refractivity contribution in [1.29, 1.82) is 0 Å². The van der Waals surface area contributed by atoms with E-state index in [2.05, 4.69) is 43.6 Å². The number of pyridine rings is 1. The Morgan fingerprint density at radius 2 is 2.00 bits per heavy atom. The van der Waals surface area contributed by atoms with Crippen LogP contribution in [0.5, 0.6) is 0 Å². The maximum Gasteiger partial charge on any atom is 0.244 e. The summed E-state index contributed by atoms with van der Waals surface area (Å²) in [6.45, 7) is 5.24. The summed E-state index contributed by atoms with van der Waals surface area (Å²) in [6, 6.07) is 8.01. The molecular formula is C19H19ClIN5O. The van der Waals surface area contributed by atoms with Gasteiger partial charge in [0.05, 0.1) is 11.6 Å². The van der Waals surface area contributed by atoms with Crippen LogP contribution < -0.4 is 4.90 Å². The molecule has 140 valence electrons. The smallest absolute Gasteiger partial charge is 0.244 e. The van der Waals surface area contributed by atoms with Gasteiger partial charge in [0.15, 0.2) is 5.65 Å². The lowest BCUT2D eigenvalue weighted by Crippen LogP contribution is -2.49. The zero-order valence-electron chi connectivity index (χ0n) is 14.9. The highest BCUT2D eigenvalue weighted by atomic mass is 127. The maximum absolute atomic E-state index is 12.7. The first-order valence-electron chi connectivity index (χ1n) is 8.78. The highest BCUT2D eigenvalue weighted by Crippen LogP contribution is 2.23. The van der Waals surface area contributed by atoms with Crippen LogP contribution in [-0.4, -0.2) is 51.8 Å². The quantitative estimate of drug-likeness (QED) is 0.523. The van der Waals surface area contributed by atoms with Crippen LogP contribution >= 0.6 is 34.2 Å². The van der Waals surface area contributed by atoms with Crippen LogP contribution in [0.2, 0.25) is 5.02 Å². The Morgan fingerprint density at radius 1 is 1.22 bits per heavy atom. The molecule has 1 aromatic carbocycles. The van der Waals surface area contributed by atoms with Gasteiger partial charge in [0.25, 0.3) is 0 Å². The van der Waals surface area contributed by atoms with E-state index < -0.39 is 0 Å². The number of carbonyl (C=O) groups is 1. The predicted octanol–water partition coefficient (Wildman–Crippen LogP) is 3.35. The van der Waals surface area contributed by atoms with E-state index in [0.717, 1.165) is 44.0 Å². The van der Waals surface area contributed by atoms with Crippen molar-refractivity contribution in [3.8, 4) is 0 Å². The minimum Gasteiger partial charge on any atom is -0.368 e. The number of hydrogen-bond donors (Lipinski definition) is 0. The van der Waals surface area contributed by atoms with Gasteiger partial charge in [0.1, 0.15) is 6.54 Å². The van der Waals surface area contributed by atoms with Crippen molar-refractivity contribution in [2.75, 3.05) is 31.1 Å². The number of piperazine rings is 1. The molecule has 1 amide bonds. The van der Waals surface area contributed by atoms with Crippen molar-refractivity contribution in [3.63, 3.8) is 0 Å². The van der Waals surface area contributed by atoms with Gasteiger partial charge in [0.2, 0.25) is 5.91 Å². The summed E-state index contributed by atoms with van der Waals surface area (Å²) in [4.78, 5) is 21.3. The summed E-state index contributed by atoms with van der Waals surface area (Å²) < 4.78 is 2.78. The van der Waals surface area contributed by atoms with E-state index in [1.54, 1.807) is 17.1 Å². The number of anilines is 1. The van der Waals surface area contributed by atoms with Crippen LogP contribution in [0.25, 0.3) is 11.0 Å². The van der Waals surface area contributed by atoms with E-state index >= 15 is 0 Å². The lowest BCUT2D eigenvalue weighted by Gasteiger charge is -2.36. The number of nitrogens with zero attached hydrogens (tertiary/aromatic N) is 5. The zero-order valence-corrected chi connectivity index (χ0v) is 17.8. The number of halogens is 2. The Labute approximate surface area is 176 Å². The van der Waals surface area contributed by atoms with Gasteiger partial charge in [-0.15, -0.1) is 0 Å². The van der Waals surface area contributed by atoms with Crippen LogP contribution in [0.3, 0.4) is 0 Å². The predicted molar refractivity (Wildman–Crippen MR) is 115 cm³/mol. The van der Waals surface area contributed by atoms with Gasteiger partial charge >= 0.3 is 0 Å². The molecule has 27 heavy (non-hydrogen) atoms. The van der Waals surface area contributed by atoms with Gasteiger partial charge in [-0.25, -0.2) is 9.67 Å². The molecule has 8 heteroatoms. The first-order chi connectivity index (χ1) is 13.0. The molecule has 1 fully saturated rings. The maximum atomic E-state index is 12.7. The van der Waals surface area contributed by atoms with Gasteiger partial charge in [-0.2, -0.15) is 5.10 Å². The Bertz CT molecular complexity index is 997. The fourth-order valence-electron chi connectivity index (χ4n) is 3.33. The Morgan fingerprint density at radius 3 is 2.74 bits per heavy atom. The topological polar surface area (TPSA) is 54.3 Å². The molecule has 1 aliphatic heterocycles. The Kier molecular flexibility index (Phi) is 5.23. The van der Waals surface area contributed by atoms with E-state index in [0.29, 0.717) is 13.1 Å². The molecule has 2 aromatic heterocycles. The summed E-state index contributed by atoms with van der Waals surface area (Å²) in [5.74, 6) is 0.0765. The van der Waals surface area contributed by atoms with E-state index in [4.69, 9.17) is 11.6 Å². The fraction of sp³-hybridized carbons (Fsp3) is 0.316. The third kappa shape index (κ3) is 3.75. The largest absolute Gasteiger partial charge is 0.368 e. The molecule has 6 nitrogen and oxygen atoms in total. The van der Waals surface area contributed by atoms with E-state index in [9.17, 15) is 4.79 Å². The molecular weight excluding hydrogens is 477 g/mol. The first-order valence-corrected chi connectivity index (χ1v) is 10.2. The molecule has 0 bridgehead atoms. The van der Waals surface area contributed by atoms with Crippen molar-refractivity contribution in [1.82, 2.24) is 19.7 Å². The standard InChI is InChI=1S/C19H19ClIN5O/c1-13-10-14(2-3-16(13)20)24-6-8-25(9-7-24)18(27)12-26-19-15(11-23-26)17(21)4-5-22-19/h2-5,10-11H,6-9,12H2,1H3. The van der Waals surface area contributed by atoms with Gasteiger partial charge in [-0.1, -0.05) is 11.6 Å². The lowest BCUT2D eigenvalue weighted by atomic mass is 10.2.